The zero-order chi connectivity index (χ0) is 16.7. The Bertz CT molecular complexity index is 804. The fraction of sp³-hybridized carbons (Fsp3) is 0.235. The van der Waals surface area contributed by atoms with E-state index < -0.39 is 5.54 Å². The van der Waals surface area contributed by atoms with Gasteiger partial charge < -0.3 is 10.2 Å². The highest BCUT2D eigenvalue weighted by atomic mass is 32.1. The van der Waals surface area contributed by atoms with Crippen LogP contribution in [0.1, 0.15) is 10.4 Å². The number of hydrogen-bond donors (Lipinski definition) is 4. The van der Waals surface area contributed by atoms with E-state index in [1.807, 2.05) is 52.7 Å². The van der Waals surface area contributed by atoms with Gasteiger partial charge in [0, 0.05) is 23.5 Å². The number of likely N-dealkylation sites (tertiary alicyclic amines) is 1. The summed E-state index contributed by atoms with van der Waals surface area (Å²) in [6, 6.07) is 13.5. The summed E-state index contributed by atoms with van der Waals surface area (Å²) in [6.45, 7) is 0.944. The van der Waals surface area contributed by atoms with Crippen molar-refractivity contribution in [3.05, 3.63) is 58.3 Å². The molecule has 0 bridgehead atoms. The molecule has 4 N–H and O–H groups in total. The molecule has 2 aromatic rings. The summed E-state index contributed by atoms with van der Waals surface area (Å²) in [7, 11) is 0. The number of nitrogens with one attached hydrogen (secondary N) is 4. The Morgan fingerprint density at radius 2 is 2.04 bits per heavy atom. The first-order valence-electron chi connectivity index (χ1n) is 7.71. The van der Waals surface area contributed by atoms with Crippen LogP contribution in [0.4, 0.5) is 0 Å². The molecule has 1 amide bonds. The maximum absolute atomic E-state index is 12.5. The molecule has 2 unspecified atom stereocenters. The number of benzene rings is 1. The van der Waals surface area contributed by atoms with Gasteiger partial charge in [-0.3, -0.25) is 20.9 Å². The van der Waals surface area contributed by atoms with E-state index in [9.17, 15) is 4.79 Å². The van der Waals surface area contributed by atoms with Gasteiger partial charge in [0.25, 0.3) is 0 Å². The molecule has 0 radical (unpaired) electrons. The van der Waals surface area contributed by atoms with Gasteiger partial charge in [-0.1, -0.05) is 36.4 Å². The van der Waals surface area contributed by atoms with Crippen molar-refractivity contribution < 1.29 is 4.79 Å². The highest BCUT2D eigenvalue weighted by Gasteiger charge is 2.55. The van der Waals surface area contributed by atoms with E-state index in [0.717, 1.165) is 10.4 Å². The number of guanidine groups is 1. The van der Waals surface area contributed by atoms with Gasteiger partial charge in [0.15, 0.2) is 5.96 Å². The number of amidine groups is 1. The molecule has 2 aliphatic heterocycles. The summed E-state index contributed by atoms with van der Waals surface area (Å²) in [6.07, 6.45) is 0. The van der Waals surface area contributed by atoms with Gasteiger partial charge in [0.1, 0.15) is 11.4 Å². The molecule has 0 saturated carbocycles. The van der Waals surface area contributed by atoms with Crippen LogP contribution in [0.15, 0.2) is 47.8 Å². The number of rotatable bonds is 2. The van der Waals surface area contributed by atoms with Gasteiger partial charge >= 0.3 is 0 Å². The Hall–Kier alpha value is -2.67. The number of fused-ring (bicyclic) bond motifs is 1. The number of thiophene rings is 1. The summed E-state index contributed by atoms with van der Waals surface area (Å²) in [5, 5.41) is 24.2. The highest BCUT2D eigenvalue weighted by molar-refractivity contribution is 7.10. The van der Waals surface area contributed by atoms with Crippen LogP contribution in [0, 0.1) is 16.7 Å². The maximum atomic E-state index is 12.5. The molecule has 2 aliphatic rings. The lowest BCUT2D eigenvalue weighted by Gasteiger charge is -2.38. The van der Waals surface area contributed by atoms with Crippen LogP contribution in [-0.4, -0.2) is 35.7 Å². The number of carbonyl (C=O) groups is 1. The third-order valence-electron chi connectivity index (χ3n) is 4.68. The van der Waals surface area contributed by atoms with Crippen molar-refractivity contribution in [1.29, 1.82) is 10.8 Å². The minimum Gasteiger partial charge on any atom is -0.353 e. The van der Waals surface area contributed by atoms with Crippen LogP contribution in [0.25, 0.3) is 0 Å². The van der Waals surface area contributed by atoms with Crippen molar-refractivity contribution in [1.82, 2.24) is 15.5 Å². The van der Waals surface area contributed by atoms with Crippen LogP contribution in [0.5, 0.6) is 0 Å². The van der Waals surface area contributed by atoms with Crippen molar-refractivity contribution in [2.45, 2.75) is 5.54 Å². The standard InChI is InChI=1S/C17H17N5OS/c18-14(11-5-2-1-3-6-11)22-9-12-15(23)20-16(19)21-17(12,10-22)13-7-4-8-24-13/h1-8,12,18H,9-10H2,(H3,19,20,21,23). The molecule has 2 fully saturated rings. The SMILES string of the molecule is N=C1NC(=O)C2CN(C(=N)c3ccccc3)CC2(c2cccs2)N1. The van der Waals surface area contributed by atoms with Gasteiger partial charge in [-0.2, -0.15) is 0 Å². The maximum Gasteiger partial charge on any atom is 0.234 e. The summed E-state index contributed by atoms with van der Waals surface area (Å²) in [5.74, 6) is -0.0652. The average Bonchev–Trinajstić information content (AvgIpc) is 3.23. The first-order valence-corrected chi connectivity index (χ1v) is 8.58. The van der Waals surface area contributed by atoms with Crippen LogP contribution >= 0.6 is 11.3 Å². The smallest absolute Gasteiger partial charge is 0.234 e. The van der Waals surface area contributed by atoms with Gasteiger partial charge in [-0.05, 0) is 11.4 Å². The number of amides is 1. The predicted molar refractivity (Wildman–Crippen MR) is 93.3 cm³/mol. The third-order valence-corrected chi connectivity index (χ3v) is 5.72. The van der Waals surface area contributed by atoms with E-state index in [-0.39, 0.29) is 17.8 Å². The van der Waals surface area contributed by atoms with E-state index in [1.165, 1.54) is 0 Å². The van der Waals surface area contributed by atoms with Crippen LogP contribution in [-0.2, 0) is 10.3 Å². The molecule has 0 spiro atoms. The lowest BCUT2D eigenvalue weighted by molar-refractivity contribution is -0.126. The van der Waals surface area contributed by atoms with Crippen LogP contribution < -0.4 is 10.6 Å². The zero-order valence-corrected chi connectivity index (χ0v) is 13.7. The van der Waals surface area contributed by atoms with E-state index in [4.69, 9.17) is 10.8 Å². The molecule has 7 heteroatoms. The Morgan fingerprint density at radius 3 is 2.75 bits per heavy atom. The Morgan fingerprint density at radius 1 is 1.25 bits per heavy atom. The highest BCUT2D eigenvalue weighted by Crippen LogP contribution is 2.41. The Balaban J connectivity index is 1.72. The molecule has 2 saturated heterocycles. The molecule has 122 valence electrons. The average molecular weight is 339 g/mol. The third kappa shape index (κ3) is 2.20. The molecule has 6 nitrogen and oxygen atoms in total. The Labute approximate surface area is 143 Å². The predicted octanol–water partition coefficient (Wildman–Crippen LogP) is 1.55. The van der Waals surface area contributed by atoms with Crippen LogP contribution in [0.3, 0.4) is 0 Å². The topological polar surface area (TPSA) is 92.1 Å². The fourth-order valence-electron chi connectivity index (χ4n) is 3.54. The van der Waals surface area contributed by atoms with Crippen molar-refractivity contribution in [3.63, 3.8) is 0 Å². The van der Waals surface area contributed by atoms with Gasteiger partial charge in [0.2, 0.25) is 5.91 Å². The lowest BCUT2D eigenvalue weighted by atomic mass is 9.83. The second-order valence-corrected chi connectivity index (χ2v) is 7.03. The van der Waals surface area contributed by atoms with Crippen molar-refractivity contribution in [3.8, 4) is 0 Å². The van der Waals surface area contributed by atoms with E-state index >= 15 is 0 Å². The molecule has 1 aromatic carbocycles. The zero-order valence-electron chi connectivity index (χ0n) is 12.9. The lowest BCUT2D eigenvalue weighted by Crippen LogP contribution is -2.64. The summed E-state index contributed by atoms with van der Waals surface area (Å²) < 4.78 is 0. The molecule has 0 aliphatic carbocycles. The molecular formula is C17H17N5OS. The number of carbonyl (C=O) groups excluding carboxylic acids is 1. The summed E-state index contributed by atoms with van der Waals surface area (Å²) >= 11 is 1.57. The first-order chi connectivity index (χ1) is 11.6. The molecular weight excluding hydrogens is 322 g/mol. The second kappa shape index (κ2) is 5.45. The minimum atomic E-state index is -0.644. The number of hydrogen-bond acceptors (Lipinski definition) is 4. The van der Waals surface area contributed by atoms with E-state index in [1.54, 1.807) is 11.3 Å². The first kappa shape index (κ1) is 14.9. The molecule has 24 heavy (non-hydrogen) atoms. The summed E-state index contributed by atoms with van der Waals surface area (Å²) in [5.41, 5.74) is 0.183. The Kier molecular flexibility index (Phi) is 3.38. The molecule has 1 aromatic heterocycles. The number of nitrogens with zero attached hydrogens (tertiary/aromatic N) is 1. The largest absolute Gasteiger partial charge is 0.353 e. The monoisotopic (exact) mass is 339 g/mol. The van der Waals surface area contributed by atoms with Crippen molar-refractivity contribution in [2.75, 3.05) is 13.1 Å². The quantitative estimate of drug-likeness (QED) is 0.494. The minimum absolute atomic E-state index is 0.0257. The van der Waals surface area contributed by atoms with Crippen molar-refractivity contribution >= 4 is 29.0 Å². The molecule has 4 rings (SSSR count). The second-order valence-electron chi connectivity index (χ2n) is 6.09. The molecule has 3 heterocycles. The van der Waals surface area contributed by atoms with Gasteiger partial charge in [-0.25, -0.2) is 0 Å². The van der Waals surface area contributed by atoms with E-state index in [2.05, 4.69) is 10.6 Å². The van der Waals surface area contributed by atoms with Gasteiger partial charge in [0.05, 0.1) is 5.92 Å². The van der Waals surface area contributed by atoms with Crippen LogP contribution in [0.2, 0.25) is 0 Å². The molecule has 2 atom stereocenters. The van der Waals surface area contributed by atoms with Crippen molar-refractivity contribution in [2.24, 2.45) is 5.92 Å². The fourth-order valence-corrected chi connectivity index (χ4v) is 4.47. The van der Waals surface area contributed by atoms with Gasteiger partial charge in [-0.15, -0.1) is 11.3 Å². The van der Waals surface area contributed by atoms with E-state index in [0.29, 0.717) is 18.9 Å². The normalized spacial score (nSPS) is 25.8. The summed E-state index contributed by atoms with van der Waals surface area (Å²) in [4.78, 5) is 15.5.